The lowest BCUT2D eigenvalue weighted by Crippen LogP contribution is -2.26. The Kier molecular flexibility index (Phi) is 60.6. The maximum Gasteiger partial charge on any atom is 0.305 e. The van der Waals surface area contributed by atoms with Gasteiger partial charge in [0.2, 0.25) is 0 Å². The molecular formula is C66H130O8S4. The Balaban J connectivity index is -0.000000172. The molecule has 12 heteroatoms. The van der Waals surface area contributed by atoms with Gasteiger partial charge in [0.15, 0.2) is 0 Å². The van der Waals surface area contributed by atoms with Gasteiger partial charge >= 0.3 is 5.97 Å². The lowest BCUT2D eigenvalue weighted by Gasteiger charge is -2.21. The van der Waals surface area contributed by atoms with Crippen LogP contribution >= 0.6 is 54.0 Å². The van der Waals surface area contributed by atoms with Crippen molar-refractivity contribution in [2.45, 2.75) is 237 Å². The molecule has 0 aliphatic carbocycles. The van der Waals surface area contributed by atoms with Crippen LogP contribution in [0.5, 0.6) is 5.75 Å². The third kappa shape index (κ3) is 51.4. The summed E-state index contributed by atoms with van der Waals surface area (Å²) < 4.78 is 16.5. The summed E-state index contributed by atoms with van der Waals surface area (Å²) in [5, 5.41) is 0. The van der Waals surface area contributed by atoms with Crippen molar-refractivity contribution in [1.29, 1.82) is 0 Å². The molecule has 466 valence electrons. The zero-order valence-electron chi connectivity index (χ0n) is 54.9. The van der Waals surface area contributed by atoms with Crippen LogP contribution in [0.2, 0.25) is 0 Å². The van der Waals surface area contributed by atoms with E-state index in [9.17, 15) is 24.0 Å². The van der Waals surface area contributed by atoms with E-state index in [2.05, 4.69) is 109 Å². The van der Waals surface area contributed by atoms with Gasteiger partial charge in [-0.25, -0.2) is 0 Å². The molecule has 0 amide bonds. The van der Waals surface area contributed by atoms with Crippen LogP contribution in [0.15, 0.2) is 24.3 Å². The van der Waals surface area contributed by atoms with Crippen LogP contribution in [0.3, 0.4) is 0 Å². The van der Waals surface area contributed by atoms with Crippen molar-refractivity contribution in [2.75, 3.05) is 26.4 Å². The SMILES string of the molecule is CC(C)CC(CC(C)C)C(=O)C(C)C.CC(C)COC(=O)CCCCC[C@H](CC(C)C)C(=O)C(C)C.CC(C)COC[C@H](CC(C)C)C(=O)C(C)C.CC(C)COc1ccc(C[C@H](CC(C)C)C(=O)C(C)C)cc1.S.S.S.S. The summed E-state index contributed by atoms with van der Waals surface area (Å²) in [5.41, 5.74) is 1.22. The number of Topliss-reactive ketones (excluding diaryl/α,β-unsaturated/α-hetero) is 4. The number of rotatable bonds is 35. The summed E-state index contributed by atoms with van der Waals surface area (Å²) in [4.78, 5) is 60.0. The number of hydrogen-bond acceptors (Lipinski definition) is 8. The second kappa shape index (κ2) is 52.3. The Bertz CT molecular complexity index is 1590. The average molecular weight is 1180 g/mol. The fourth-order valence-electron chi connectivity index (χ4n) is 8.89. The first-order chi connectivity index (χ1) is 34.2. The monoisotopic (exact) mass is 1180 g/mol. The van der Waals surface area contributed by atoms with Crippen LogP contribution in [0.25, 0.3) is 0 Å². The molecule has 3 atom stereocenters. The predicted molar refractivity (Wildman–Crippen MR) is 357 cm³/mol. The highest BCUT2D eigenvalue weighted by Crippen LogP contribution is 2.26. The van der Waals surface area contributed by atoms with Crippen molar-refractivity contribution in [2.24, 2.45) is 94.7 Å². The quantitative estimate of drug-likeness (QED) is 0.0488. The van der Waals surface area contributed by atoms with Gasteiger partial charge in [-0.15, -0.1) is 0 Å². The highest BCUT2D eigenvalue weighted by Gasteiger charge is 2.26. The summed E-state index contributed by atoms with van der Waals surface area (Å²) >= 11 is 0. The van der Waals surface area contributed by atoms with E-state index < -0.39 is 0 Å². The lowest BCUT2D eigenvalue weighted by atomic mass is 9.83. The highest BCUT2D eigenvalue weighted by atomic mass is 32.1. The number of esters is 1. The van der Waals surface area contributed by atoms with Crippen molar-refractivity contribution >= 4 is 83.1 Å². The first-order valence-electron chi connectivity index (χ1n) is 29.8. The van der Waals surface area contributed by atoms with Gasteiger partial charge in [-0.3, -0.25) is 24.0 Å². The number of benzene rings is 1. The van der Waals surface area contributed by atoms with Crippen LogP contribution in [-0.4, -0.2) is 55.5 Å². The van der Waals surface area contributed by atoms with E-state index >= 15 is 0 Å². The summed E-state index contributed by atoms with van der Waals surface area (Å²) in [7, 11) is 0. The zero-order chi connectivity index (χ0) is 57.8. The van der Waals surface area contributed by atoms with E-state index in [0.717, 1.165) is 83.2 Å². The number of carbonyl (C=O) groups is 5. The molecule has 0 saturated carbocycles. The highest BCUT2D eigenvalue weighted by molar-refractivity contribution is 7.59. The Morgan fingerprint density at radius 1 is 0.359 bits per heavy atom. The molecule has 78 heavy (non-hydrogen) atoms. The second-order valence-corrected chi connectivity index (χ2v) is 26.3. The summed E-state index contributed by atoms with van der Waals surface area (Å²) in [5.74, 6) is 7.97. The Hall–Kier alpha value is -1.47. The molecular weight excluding hydrogens is 1050 g/mol. The molecule has 0 aliphatic rings. The average Bonchev–Trinajstić information content (AvgIpc) is 3.28. The molecule has 0 radical (unpaired) electrons. The molecule has 1 rings (SSSR count). The lowest BCUT2D eigenvalue weighted by molar-refractivity contribution is -0.145. The largest absolute Gasteiger partial charge is 0.493 e. The minimum Gasteiger partial charge on any atom is -0.493 e. The van der Waals surface area contributed by atoms with E-state index in [4.69, 9.17) is 14.2 Å². The van der Waals surface area contributed by atoms with Gasteiger partial charge in [0.25, 0.3) is 0 Å². The third-order valence-electron chi connectivity index (χ3n) is 12.4. The summed E-state index contributed by atoms with van der Waals surface area (Å²) in [6.45, 7) is 52.9. The molecule has 0 bridgehead atoms. The maximum atomic E-state index is 12.4. The molecule has 8 nitrogen and oxygen atoms in total. The van der Waals surface area contributed by atoms with Gasteiger partial charge in [-0.2, -0.15) is 54.0 Å². The second-order valence-electron chi connectivity index (χ2n) is 26.3. The third-order valence-corrected chi connectivity index (χ3v) is 12.4. The maximum absolute atomic E-state index is 12.4. The van der Waals surface area contributed by atoms with Gasteiger partial charge < -0.3 is 14.2 Å². The standard InChI is InChI=1S/C20H32O2.C19H36O3.C14H28O2.C13H26O.4H2S/c1-14(2)11-18(20(21)16(5)6)12-17-7-9-19(10-8-17)22-13-15(3)4;1-14(2)12-17(19(21)16(5)6)10-8-7-9-11-18(20)22-13-15(3)4;1-10(2)7-13(14(15)12(5)6)9-16-8-11(3)4;1-9(2)7-12(8-10(3)4)13(14)11(5)6;;;;/h7-10,14-16,18H,11-13H2,1-6H3;14-17H,7-13H2,1-6H3;10-13H,7-9H2,1-6H3;9-12H,7-8H2,1-6H3;4*1H2/t18-;17-;13-;;;;;/m010...../s1. The van der Waals surface area contributed by atoms with Crippen molar-refractivity contribution in [3.8, 4) is 5.75 Å². The van der Waals surface area contributed by atoms with Crippen molar-refractivity contribution in [3.05, 3.63) is 29.8 Å². The van der Waals surface area contributed by atoms with E-state index in [1.807, 2.05) is 81.4 Å². The molecule has 0 aromatic heterocycles. The minimum atomic E-state index is -0.0920. The van der Waals surface area contributed by atoms with Crippen LogP contribution in [0, 0.1) is 94.7 Å². The van der Waals surface area contributed by atoms with Gasteiger partial charge in [0.1, 0.15) is 28.9 Å². The van der Waals surface area contributed by atoms with Gasteiger partial charge in [0.05, 0.1) is 19.8 Å². The summed E-state index contributed by atoms with van der Waals surface area (Å²) in [6, 6.07) is 8.22. The fourth-order valence-corrected chi connectivity index (χ4v) is 8.89. The number of carbonyl (C=O) groups excluding carboxylic acids is 5. The Morgan fingerprint density at radius 3 is 1.09 bits per heavy atom. The number of ketones is 4. The number of ether oxygens (including phenoxy) is 3. The Morgan fingerprint density at radius 2 is 0.705 bits per heavy atom. The Labute approximate surface area is 511 Å². The predicted octanol–water partition coefficient (Wildman–Crippen LogP) is 18.1. The van der Waals surface area contributed by atoms with Crippen LogP contribution < -0.4 is 4.74 Å². The number of hydrogen-bond donors (Lipinski definition) is 0. The van der Waals surface area contributed by atoms with E-state index in [1.165, 1.54) is 5.56 Å². The first kappa shape index (κ1) is 90.3. The molecule has 1 aromatic rings. The molecule has 0 fully saturated rings. The van der Waals surface area contributed by atoms with Crippen LogP contribution in [0.4, 0.5) is 0 Å². The van der Waals surface area contributed by atoms with E-state index in [-0.39, 0.29) is 107 Å². The van der Waals surface area contributed by atoms with E-state index in [0.29, 0.717) is 90.1 Å². The number of unbranched alkanes of at least 4 members (excludes halogenated alkanes) is 2. The molecule has 0 saturated heterocycles. The van der Waals surface area contributed by atoms with E-state index in [1.54, 1.807) is 0 Å². The molecule has 0 unspecified atom stereocenters. The van der Waals surface area contributed by atoms with Gasteiger partial charge in [-0.05, 0) is 116 Å². The zero-order valence-corrected chi connectivity index (χ0v) is 58.9. The smallest absolute Gasteiger partial charge is 0.305 e. The van der Waals surface area contributed by atoms with Crippen molar-refractivity contribution < 1.29 is 38.2 Å². The minimum absolute atomic E-state index is 0. The molecule has 0 aliphatic heterocycles. The van der Waals surface area contributed by atoms with Crippen molar-refractivity contribution in [3.63, 3.8) is 0 Å². The molecule has 0 N–H and O–H groups in total. The topological polar surface area (TPSA) is 113 Å². The normalized spacial score (nSPS) is 12.3. The first-order valence-corrected chi connectivity index (χ1v) is 29.8. The van der Waals surface area contributed by atoms with Gasteiger partial charge in [-0.1, -0.05) is 191 Å². The molecule has 0 spiro atoms. The van der Waals surface area contributed by atoms with Crippen LogP contribution in [0.1, 0.15) is 236 Å². The van der Waals surface area contributed by atoms with Crippen LogP contribution in [-0.2, 0) is 39.9 Å². The molecule has 0 heterocycles. The summed E-state index contributed by atoms with van der Waals surface area (Å²) in [6.07, 6.45) is 10.1. The fraction of sp³-hybridized carbons (Fsp3) is 0.833. The van der Waals surface area contributed by atoms with Gasteiger partial charge in [0, 0.05) is 60.4 Å². The molecule has 1 aromatic carbocycles. The van der Waals surface area contributed by atoms with Crippen molar-refractivity contribution in [1.82, 2.24) is 0 Å².